The minimum Gasteiger partial charge on any atom is -0.481 e. The monoisotopic (exact) mass is 524 g/mol. The van der Waals surface area contributed by atoms with Crippen LogP contribution in [-0.4, -0.2) is 37.5 Å². The average molecular weight is 525 g/mol. The maximum Gasteiger partial charge on any atom is 0.341 e. The van der Waals surface area contributed by atoms with Crippen LogP contribution in [0.2, 0.25) is 5.02 Å². The smallest absolute Gasteiger partial charge is 0.341 e. The van der Waals surface area contributed by atoms with E-state index in [1.54, 1.807) is 6.07 Å². The summed E-state index contributed by atoms with van der Waals surface area (Å²) in [6.07, 6.45) is 0. The van der Waals surface area contributed by atoms with Crippen molar-refractivity contribution in [1.29, 1.82) is 5.26 Å². The molecule has 0 unspecified atom stereocenters. The van der Waals surface area contributed by atoms with Crippen molar-refractivity contribution >= 4 is 27.6 Å². The zero-order valence-electron chi connectivity index (χ0n) is 17.9. The highest BCUT2D eigenvalue weighted by Gasteiger charge is 2.24. The van der Waals surface area contributed by atoms with Gasteiger partial charge in [-0.15, -0.1) is 0 Å². The second kappa shape index (κ2) is 10.4. The van der Waals surface area contributed by atoms with Gasteiger partial charge in [0.1, 0.15) is 23.2 Å². The molecular weight excluding hydrogens is 509 g/mol. The Kier molecular flexibility index (Phi) is 7.70. The SMILES string of the molecule is CN(Cc1cc(-c2cc(F)cc(C#N)c2)c(OCC(=O)O)cc1F)S(=O)(=O)c1ccc(F)c(Cl)c1. The van der Waals surface area contributed by atoms with Crippen molar-refractivity contribution in [3.8, 4) is 22.9 Å². The van der Waals surface area contributed by atoms with Crippen LogP contribution in [0.1, 0.15) is 11.1 Å². The van der Waals surface area contributed by atoms with E-state index in [0.29, 0.717) is 0 Å². The number of nitriles is 1. The number of rotatable bonds is 8. The Labute approximate surface area is 203 Å². The molecule has 35 heavy (non-hydrogen) atoms. The molecule has 0 bridgehead atoms. The average Bonchev–Trinajstić information content (AvgIpc) is 2.80. The summed E-state index contributed by atoms with van der Waals surface area (Å²) in [5.74, 6) is -4.11. The Bertz CT molecular complexity index is 1460. The van der Waals surface area contributed by atoms with E-state index in [2.05, 4.69) is 0 Å². The molecule has 0 fully saturated rings. The third-order valence-corrected chi connectivity index (χ3v) is 6.92. The number of nitrogens with zero attached hydrogens (tertiary/aromatic N) is 2. The van der Waals surface area contributed by atoms with E-state index in [1.807, 2.05) is 0 Å². The predicted octanol–water partition coefficient (Wildman–Crippen LogP) is 4.58. The Morgan fingerprint density at radius 1 is 1.11 bits per heavy atom. The zero-order chi connectivity index (χ0) is 25.9. The van der Waals surface area contributed by atoms with Crippen LogP contribution in [0.3, 0.4) is 0 Å². The molecule has 3 aromatic rings. The number of sulfonamides is 1. The number of ether oxygens (including phenoxy) is 1. The van der Waals surface area contributed by atoms with Crippen molar-refractivity contribution in [3.63, 3.8) is 0 Å². The third-order valence-electron chi connectivity index (χ3n) is 4.83. The molecule has 0 aromatic heterocycles. The van der Waals surface area contributed by atoms with E-state index in [1.165, 1.54) is 12.1 Å². The third kappa shape index (κ3) is 5.92. The lowest BCUT2D eigenvalue weighted by atomic mass is 9.99. The fourth-order valence-corrected chi connectivity index (χ4v) is 4.58. The normalized spacial score (nSPS) is 11.3. The summed E-state index contributed by atoms with van der Waals surface area (Å²) >= 11 is 5.68. The van der Waals surface area contributed by atoms with Crippen LogP contribution < -0.4 is 4.74 Å². The van der Waals surface area contributed by atoms with Crippen LogP contribution in [0, 0.1) is 28.8 Å². The minimum absolute atomic E-state index is 0.0364. The van der Waals surface area contributed by atoms with Gasteiger partial charge in [-0.2, -0.15) is 9.57 Å². The van der Waals surface area contributed by atoms with Crippen molar-refractivity contribution in [1.82, 2.24) is 4.31 Å². The first-order chi connectivity index (χ1) is 16.4. The highest BCUT2D eigenvalue weighted by molar-refractivity contribution is 7.89. The van der Waals surface area contributed by atoms with Gasteiger partial charge >= 0.3 is 5.97 Å². The molecule has 0 saturated heterocycles. The Morgan fingerprint density at radius 3 is 2.46 bits per heavy atom. The first-order valence-corrected chi connectivity index (χ1v) is 11.5. The second-order valence-corrected chi connectivity index (χ2v) is 9.75. The molecular formula is C23H16ClF3N2O5S. The summed E-state index contributed by atoms with van der Waals surface area (Å²) in [4.78, 5) is 10.6. The summed E-state index contributed by atoms with van der Waals surface area (Å²) in [6, 6.07) is 9.90. The fourth-order valence-electron chi connectivity index (χ4n) is 3.16. The van der Waals surface area contributed by atoms with Crippen LogP contribution in [-0.2, 0) is 21.4 Å². The summed E-state index contributed by atoms with van der Waals surface area (Å²) in [5.41, 5.74) is -0.0963. The molecule has 0 aliphatic carbocycles. The number of benzene rings is 3. The molecule has 3 rings (SSSR count). The summed E-state index contributed by atoms with van der Waals surface area (Å²) in [6.45, 7) is -1.33. The Hall–Kier alpha value is -3.59. The number of hydrogen-bond donors (Lipinski definition) is 1. The number of carboxylic acid groups (broad SMARTS) is 1. The molecule has 1 N–H and O–H groups in total. The summed E-state index contributed by atoms with van der Waals surface area (Å²) < 4.78 is 74.1. The molecule has 182 valence electrons. The van der Waals surface area contributed by atoms with E-state index in [-0.39, 0.29) is 32.9 Å². The van der Waals surface area contributed by atoms with Gasteiger partial charge in [-0.3, -0.25) is 0 Å². The van der Waals surface area contributed by atoms with Gasteiger partial charge in [-0.05, 0) is 48.0 Å². The van der Waals surface area contributed by atoms with E-state index < -0.39 is 51.6 Å². The van der Waals surface area contributed by atoms with E-state index >= 15 is 0 Å². The summed E-state index contributed by atoms with van der Waals surface area (Å²) in [5, 5.41) is 17.6. The largest absolute Gasteiger partial charge is 0.481 e. The van der Waals surface area contributed by atoms with E-state index in [9.17, 15) is 26.4 Å². The van der Waals surface area contributed by atoms with Gasteiger partial charge in [0.2, 0.25) is 10.0 Å². The standard InChI is InChI=1S/C23H16ClF3N2O5S/c1-29(35(32,33)17-2-3-20(26)19(24)8-17)11-15-7-18(14-4-13(10-28)5-16(25)6-14)22(9-21(15)27)34-12-23(30)31/h2-9H,11-12H2,1H3,(H,30,31). The molecule has 0 spiro atoms. The molecule has 3 aromatic carbocycles. The van der Waals surface area contributed by atoms with Crippen LogP contribution in [0.15, 0.2) is 53.4 Å². The highest BCUT2D eigenvalue weighted by Crippen LogP contribution is 2.35. The van der Waals surface area contributed by atoms with Gasteiger partial charge < -0.3 is 9.84 Å². The minimum atomic E-state index is -4.22. The maximum absolute atomic E-state index is 14.9. The van der Waals surface area contributed by atoms with Crippen molar-refractivity contribution in [3.05, 3.63) is 82.1 Å². The number of hydrogen-bond acceptors (Lipinski definition) is 5. The quantitative estimate of drug-likeness (QED) is 0.462. The van der Waals surface area contributed by atoms with Crippen molar-refractivity contribution < 1.29 is 36.2 Å². The summed E-state index contributed by atoms with van der Waals surface area (Å²) in [7, 11) is -3.05. The molecule has 0 radical (unpaired) electrons. The van der Waals surface area contributed by atoms with Crippen molar-refractivity contribution in [2.75, 3.05) is 13.7 Å². The van der Waals surface area contributed by atoms with Crippen LogP contribution >= 0.6 is 11.6 Å². The van der Waals surface area contributed by atoms with E-state index in [0.717, 1.165) is 47.8 Å². The molecule has 0 aliphatic heterocycles. The van der Waals surface area contributed by atoms with Gasteiger partial charge in [0.25, 0.3) is 0 Å². The molecule has 0 amide bonds. The molecule has 12 heteroatoms. The van der Waals surface area contributed by atoms with E-state index in [4.69, 9.17) is 26.7 Å². The zero-order valence-corrected chi connectivity index (χ0v) is 19.5. The number of halogens is 4. The number of carbonyl (C=O) groups is 1. The second-order valence-electron chi connectivity index (χ2n) is 7.30. The molecule has 0 aliphatic rings. The Balaban J connectivity index is 2.06. The molecule has 0 heterocycles. The van der Waals surface area contributed by atoms with Crippen molar-refractivity contribution in [2.24, 2.45) is 0 Å². The molecule has 7 nitrogen and oxygen atoms in total. The first kappa shape index (κ1) is 26.0. The van der Waals surface area contributed by atoms with Gasteiger partial charge in [0, 0.05) is 30.8 Å². The lowest BCUT2D eigenvalue weighted by Crippen LogP contribution is -2.27. The Morgan fingerprint density at radius 2 is 1.83 bits per heavy atom. The molecule has 0 atom stereocenters. The molecule has 0 saturated carbocycles. The van der Waals surface area contributed by atoms with Crippen LogP contribution in [0.25, 0.3) is 11.1 Å². The van der Waals surface area contributed by atoms with Gasteiger partial charge in [-0.25, -0.2) is 26.4 Å². The van der Waals surface area contributed by atoms with Crippen LogP contribution in [0.4, 0.5) is 13.2 Å². The lowest BCUT2D eigenvalue weighted by Gasteiger charge is -2.20. The van der Waals surface area contributed by atoms with Crippen LogP contribution in [0.5, 0.6) is 5.75 Å². The fraction of sp³-hybridized carbons (Fsp3) is 0.130. The first-order valence-electron chi connectivity index (χ1n) is 9.72. The highest BCUT2D eigenvalue weighted by atomic mass is 35.5. The topological polar surface area (TPSA) is 108 Å². The predicted molar refractivity (Wildman–Crippen MR) is 120 cm³/mol. The lowest BCUT2D eigenvalue weighted by molar-refractivity contribution is -0.139. The maximum atomic E-state index is 14.9. The van der Waals surface area contributed by atoms with Crippen molar-refractivity contribution in [2.45, 2.75) is 11.4 Å². The number of carboxylic acids is 1. The van der Waals surface area contributed by atoms with Gasteiger partial charge in [0.15, 0.2) is 6.61 Å². The number of aliphatic carboxylic acids is 1. The van der Waals surface area contributed by atoms with Gasteiger partial charge in [-0.1, -0.05) is 11.6 Å². The van der Waals surface area contributed by atoms with Gasteiger partial charge in [0.05, 0.1) is 21.6 Å².